The zero-order valence-electron chi connectivity index (χ0n) is 24.2. The lowest BCUT2D eigenvalue weighted by Gasteiger charge is -2.33. The molecule has 2 aliphatic rings. The van der Waals surface area contributed by atoms with Gasteiger partial charge in [-0.05, 0) is 45.2 Å². The molecule has 41 heavy (non-hydrogen) atoms. The summed E-state index contributed by atoms with van der Waals surface area (Å²) in [4.78, 5) is 63.5. The Kier molecular flexibility index (Phi) is 7.85. The Morgan fingerprint density at radius 2 is 1.85 bits per heavy atom. The minimum Gasteiger partial charge on any atom is -0.341 e. The molecule has 5 rings (SSSR count). The van der Waals surface area contributed by atoms with Crippen LogP contribution in [-0.4, -0.2) is 74.7 Å². The molecule has 2 fully saturated rings. The summed E-state index contributed by atoms with van der Waals surface area (Å²) in [6, 6.07) is 6.62. The van der Waals surface area contributed by atoms with Gasteiger partial charge in [-0.25, -0.2) is 9.59 Å². The Morgan fingerprint density at radius 3 is 2.59 bits per heavy atom. The van der Waals surface area contributed by atoms with E-state index in [1.54, 1.807) is 48.2 Å². The minimum absolute atomic E-state index is 0.00467. The molecule has 2 N–H and O–H groups in total. The second-order valence-electron chi connectivity index (χ2n) is 11.2. The molecule has 0 bridgehead atoms. The summed E-state index contributed by atoms with van der Waals surface area (Å²) >= 11 is 0. The van der Waals surface area contributed by atoms with Crippen molar-refractivity contribution in [1.82, 2.24) is 23.6 Å². The van der Waals surface area contributed by atoms with E-state index in [4.69, 9.17) is 10.7 Å². The Bertz CT molecular complexity index is 1640. The summed E-state index contributed by atoms with van der Waals surface area (Å²) in [5.41, 5.74) is 7.60. The number of hydrogen-bond donors (Lipinski definition) is 1. The highest BCUT2D eigenvalue weighted by molar-refractivity contribution is 5.99. The number of rotatable bonds is 7. The first kappa shape index (κ1) is 28.3. The number of Topliss-reactive ketones (excluding diaryl/α,β-unsaturated/α-hetero) is 1. The van der Waals surface area contributed by atoms with E-state index in [1.807, 2.05) is 24.5 Å². The first-order valence-electron chi connectivity index (χ1n) is 14.1. The van der Waals surface area contributed by atoms with E-state index in [9.17, 15) is 19.2 Å². The molecule has 2 aliphatic heterocycles. The SMILES string of the molecule is CC(C)=CCn1c(N2CCCC(N)C2)nc2c1c(=O)n(CC(=O)c1cccc(N3CCCN(C)C3=O)c1)c(=O)n2C. The van der Waals surface area contributed by atoms with Crippen molar-refractivity contribution in [3.05, 3.63) is 62.3 Å². The normalized spacial score (nSPS) is 17.8. The van der Waals surface area contributed by atoms with E-state index >= 15 is 0 Å². The molecule has 4 heterocycles. The highest BCUT2D eigenvalue weighted by Crippen LogP contribution is 2.24. The second kappa shape index (κ2) is 11.4. The highest BCUT2D eigenvalue weighted by atomic mass is 16.2. The van der Waals surface area contributed by atoms with Gasteiger partial charge in [-0.1, -0.05) is 23.8 Å². The molecule has 2 aromatic heterocycles. The van der Waals surface area contributed by atoms with Gasteiger partial charge in [0.25, 0.3) is 5.56 Å². The third kappa shape index (κ3) is 5.43. The van der Waals surface area contributed by atoms with Gasteiger partial charge in [-0.3, -0.25) is 23.6 Å². The molecule has 0 aliphatic carbocycles. The molecule has 0 radical (unpaired) electrons. The molecule has 3 aromatic rings. The lowest BCUT2D eigenvalue weighted by atomic mass is 10.1. The first-order chi connectivity index (χ1) is 19.6. The molecule has 218 valence electrons. The third-order valence-corrected chi connectivity index (χ3v) is 7.85. The van der Waals surface area contributed by atoms with Crippen LogP contribution < -0.4 is 26.8 Å². The fourth-order valence-corrected chi connectivity index (χ4v) is 5.56. The van der Waals surface area contributed by atoms with E-state index in [1.165, 1.54) is 4.57 Å². The van der Waals surface area contributed by atoms with Crippen LogP contribution >= 0.6 is 0 Å². The number of imidazole rings is 1. The summed E-state index contributed by atoms with van der Waals surface area (Å²) in [6.07, 6.45) is 4.64. The van der Waals surface area contributed by atoms with Crippen molar-refractivity contribution in [2.45, 2.75) is 52.2 Å². The molecule has 2 saturated heterocycles. The molecule has 0 spiro atoms. The van der Waals surface area contributed by atoms with Crippen LogP contribution in [0.2, 0.25) is 0 Å². The number of hydrogen-bond acceptors (Lipinski definition) is 7. The standard InChI is InChI=1S/C29H38N8O4/c1-19(2)11-15-36-24-25(31-27(36)34-13-6-9-21(30)17-34)33(4)29(41)37(26(24)39)18-23(38)20-8-5-10-22(16-20)35-14-7-12-32(3)28(35)40/h5,8,10-11,16,21H,6-7,9,12-15,17-18,30H2,1-4H3. The number of urea groups is 1. The summed E-state index contributed by atoms with van der Waals surface area (Å²) in [6.45, 7) is 6.50. The molecular formula is C29H38N8O4. The van der Waals surface area contributed by atoms with Gasteiger partial charge in [0.15, 0.2) is 16.9 Å². The van der Waals surface area contributed by atoms with Crippen LogP contribution in [0.1, 0.15) is 43.5 Å². The molecule has 1 atom stereocenters. The number of piperidine rings is 1. The number of aromatic nitrogens is 4. The van der Waals surface area contributed by atoms with Crippen LogP contribution in [0.15, 0.2) is 45.5 Å². The van der Waals surface area contributed by atoms with Crippen molar-refractivity contribution < 1.29 is 9.59 Å². The largest absolute Gasteiger partial charge is 0.341 e. The van der Waals surface area contributed by atoms with E-state index in [2.05, 4.69) is 4.90 Å². The predicted molar refractivity (Wildman–Crippen MR) is 159 cm³/mol. The number of amides is 2. The smallest absolute Gasteiger partial charge is 0.332 e. The fourth-order valence-electron chi connectivity index (χ4n) is 5.56. The second-order valence-corrected chi connectivity index (χ2v) is 11.2. The Hall–Kier alpha value is -4.19. The lowest BCUT2D eigenvalue weighted by Crippen LogP contribution is -2.47. The summed E-state index contributed by atoms with van der Waals surface area (Å²) in [5.74, 6) is 0.188. The number of benzene rings is 1. The highest BCUT2D eigenvalue weighted by Gasteiger charge is 2.27. The lowest BCUT2D eigenvalue weighted by molar-refractivity contribution is 0.0968. The van der Waals surface area contributed by atoms with Crippen molar-refractivity contribution in [2.24, 2.45) is 12.8 Å². The van der Waals surface area contributed by atoms with Crippen LogP contribution in [0.3, 0.4) is 0 Å². The van der Waals surface area contributed by atoms with Gasteiger partial charge in [0, 0.05) is 64.1 Å². The number of carbonyl (C=O) groups excluding carboxylic acids is 2. The average molecular weight is 563 g/mol. The van der Waals surface area contributed by atoms with Crippen LogP contribution in [0.25, 0.3) is 11.2 Å². The Balaban J connectivity index is 1.55. The van der Waals surface area contributed by atoms with E-state index in [-0.39, 0.29) is 23.2 Å². The van der Waals surface area contributed by atoms with Gasteiger partial charge in [0.05, 0.1) is 6.54 Å². The number of aryl methyl sites for hydroxylation is 1. The van der Waals surface area contributed by atoms with Crippen molar-refractivity contribution in [2.75, 3.05) is 43.0 Å². The summed E-state index contributed by atoms with van der Waals surface area (Å²) < 4.78 is 4.13. The zero-order valence-corrected chi connectivity index (χ0v) is 24.2. The number of nitrogens with two attached hydrogens (primary N) is 1. The van der Waals surface area contributed by atoms with Crippen molar-refractivity contribution >= 4 is 34.6 Å². The predicted octanol–water partition coefficient (Wildman–Crippen LogP) is 1.94. The molecule has 12 nitrogen and oxygen atoms in total. The van der Waals surface area contributed by atoms with E-state index in [0.29, 0.717) is 43.4 Å². The summed E-state index contributed by atoms with van der Waals surface area (Å²) in [5, 5.41) is 0. The first-order valence-corrected chi connectivity index (χ1v) is 14.1. The topological polar surface area (TPSA) is 132 Å². The van der Waals surface area contributed by atoms with Gasteiger partial charge in [-0.2, -0.15) is 4.98 Å². The quantitative estimate of drug-likeness (QED) is 0.344. The number of allylic oxidation sites excluding steroid dienone is 2. The molecule has 2 amide bonds. The van der Waals surface area contributed by atoms with Gasteiger partial charge in [0.1, 0.15) is 0 Å². The van der Waals surface area contributed by atoms with Crippen molar-refractivity contribution in [3.63, 3.8) is 0 Å². The maximum absolute atomic E-state index is 13.9. The Labute approximate surface area is 238 Å². The molecule has 12 heteroatoms. The van der Waals surface area contributed by atoms with Gasteiger partial charge in [-0.15, -0.1) is 0 Å². The van der Waals surface area contributed by atoms with Crippen molar-refractivity contribution in [3.8, 4) is 0 Å². The number of anilines is 2. The molecule has 0 saturated carbocycles. The number of nitrogens with zero attached hydrogens (tertiary/aromatic N) is 7. The van der Waals surface area contributed by atoms with Gasteiger partial charge in [0.2, 0.25) is 5.95 Å². The van der Waals surface area contributed by atoms with Crippen LogP contribution in [0.5, 0.6) is 0 Å². The maximum atomic E-state index is 13.9. The average Bonchev–Trinajstić information content (AvgIpc) is 3.34. The van der Waals surface area contributed by atoms with E-state index in [0.717, 1.165) is 35.9 Å². The Morgan fingerprint density at radius 1 is 1.07 bits per heavy atom. The zero-order chi connectivity index (χ0) is 29.4. The monoisotopic (exact) mass is 562 g/mol. The number of ketones is 1. The van der Waals surface area contributed by atoms with Gasteiger partial charge >= 0.3 is 11.7 Å². The fraction of sp³-hybridized carbons (Fsp3) is 0.483. The van der Waals surface area contributed by atoms with E-state index < -0.39 is 23.6 Å². The summed E-state index contributed by atoms with van der Waals surface area (Å²) in [7, 11) is 3.31. The molecule has 1 unspecified atom stereocenters. The van der Waals surface area contributed by atoms with Crippen LogP contribution in [-0.2, 0) is 20.1 Å². The van der Waals surface area contributed by atoms with Gasteiger partial charge < -0.3 is 20.1 Å². The number of fused-ring (bicyclic) bond motifs is 1. The van der Waals surface area contributed by atoms with Crippen LogP contribution in [0, 0.1) is 0 Å². The molecule has 1 aromatic carbocycles. The minimum atomic E-state index is -0.617. The maximum Gasteiger partial charge on any atom is 0.332 e. The third-order valence-electron chi connectivity index (χ3n) is 7.85. The van der Waals surface area contributed by atoms with Crippen LogP contribution in [0.4, 0.5) is 16.4 Å². The molecular weight excluding hydrogens is 524 g/mol. The number of carbonyl (C=O) groups is 2. The van der Waals surface area contributed by atoms with Crippen molar-refractivity contribution in [1.29, 1.82) is 0 Å².